The number of hydrogen-bond donors (Lipinski definition) is 0. The third-order valence-corrected chi connectivity index (χ3v) is 6.27. The molecule has 0 N–H and O–H groups in total. The first kappa shape index (κ1) is 18.0. The minimum atomic E-state index is -0.251. The lowest BCUT2D eigenvalue weighted by molar-refractivity contribution is 0.793. The van der Waals surface area contributed by atoms with Gasteiger partial charge in [0.25, 0.3) is 0 Å². The molecule has 2 aliphatic carbocycles. The summed E-state index contributed by atoms with van der Waals surface area (Å²) in [7, 11) is 6.20. The van der Waals surface area contributed by atoms with E-state index in [1.165, 1.54) is 50.1 Å². The molecule has 2 radical (unpaired) electrons. The summed E-state index contributed by atoms with van der Waals surface area (Å²) in [4.78, 5) is 0. The van der Waals surface area contributed by atoms with Crippen molar-refractivity contribution in [3.8, 4) is 22.3 Å². The minimum absolute atomic E-state index is 0.251. The minimum Gasteiger partial charge on any atom is -0.0960 e. The second-order valence-electron chi connectivity index (χ2n) is 7.70. The lowest BCUT2D eigenvalue weighted by atomic mass is 9.70. The van der Waals surface area contributed by atoms with Crippen LogP contribution in [-0.2, 0) is 5.41 Å². The molecule has 4 aromatic carbocycles. The van der Waals surface area contributed by atoms with Gasteiger partial charge in [0.1, 0.15) is 7.85 Å². The fourth-order valence-electron chi connectivity index (χ4n) is 5.28. The summed E-state index contributed by atoms with van der Waals surface area (Å²) in [5, 5.41) is 0. The van der Waals surface area contributed by atoms with Crippen LogP contribution in [0.5, 0.6) is 0 Å². The molecule has 2 aliphatic rings. The number of fused-ring (bicyclic) bond motifs is 10. The highest BCUT2D eigenvalue weighted by molar-refractivity contribution is 6.32. The van der Waals surface area contributed by atoms with Crippen molar-refractivity contribution in [1.82, 2.24) is 0 Å². The van der Waals surface area contributed by atoms with Crippen LogP contribution in [0.1, 0.15) is 41.7 Å². The molecule has 29 heavy (non-hydrogen) atoms. The van der Waals surface area contributed by atoms with Crippen molar-refractivity contribution in [2.24, 2.45) is 0 Å². The Labute approximate surface area is 174 Å². The van der Waals surface area contributed by atoms with Crippen molar-refractivity contribution >= 4 is 13.3 Å². The summed E-state index contributed by atoms with van der Waals surface area (Å²) in [5.41, 5.74) is 12.5. The Morgan fingerprint density at radius 1 is 0.552 bits per heavy atom. The largest absolute Gasteiger partial charge is 0.113 e. The Hall–Kier alpha value is -3.06. The fraction of sp³-hybridized carbons (Fsp3) is 0.143. The van der Waals surface area contributed by atoms with Gasteiger partial charge in [0.15, 0.2) is 0 Å². The van der Waals surface area contributed by atoms with Crippen LogP contribution in [0, 0.1) is 6.92 Å². The Balaban J connectivity index is 0.000000882. The van der Waals surface area contributed by atoms with Gasteiger partial charge < -0.3 is 0 Å². The molecule has 0 atom stereocenters. The molecule has 0 aliphatic heterocycles. The van der Waals surface area contributed by atoms with Crippen LogP contribution in [0.4, 0.5) is 0 Å². The Kier molecular flexibility index (Phi) is 4.03. The first-order chi connectivity index (χ1) is 14.2. The molecule has 1 heteroatoms. The van der Waals surface area contributed by atoms with E-state index in [1.54, 1.807) is 0 Å². The zero-order chi connectivity index (χ0) is 20.2. The van der Waals surface area contributed by atoms with Crippen LogP contribution in [0.2, 0.25) is 0 Å². The van der Waals surface area contributed by atoms with Crippen molar-refractivity contribution in [2.45, 2.75) is 26.2 Å². The van der Waals surface area contributed by atoms with Gasteiger partial charge in [-0.05, 0) is 51.4 Å². The Bertz CT molecular complexity index is 1150. The first-order valence-corrected chi connectivity index (χ1v) is 10.4. The third-order valence-electron chi connectivity index (χ3n) is 6.27. The van der Waals surface area contributed by atoms with E-state index in [9.17, 15) is 0 Å². The maximum Gasteiger partial charge on any atom is 0.113 e. The molecule has 0 amide bonds. The van der Waals surface area contributed by atoms with Crippen molar-refractivity contribution in [3.63, 3.8) is 0 Å². The van der Waals surface area contributed by atoms with E-state index in [2.05, 4.69) is 85.8 Å². The molecular formula is C28H23B. The Morgan fingerprint density at radius 2 is 1.03 bits per heavy atom. The van der Waals surface area contributed by atoms with Gasteiger partial charge in [0.2, 0.25) is 0 Å². The van der Waals surface area contributed by atoms with E-state index >= 15 is 0 Å². The van der Waals surface area contributed by atoms with Crippen LogP contribution in [0.3, 0.4) is 0 Å². The molecule has 0 bridgehead atoms. The van der Waals surface area contributed by atoms with Crippen LogP contribution in [0.15, 0.2) is 84.9 Å². The summed E-state index contributed by atoms with van der Waals surface area (Å²) < 4.78 is 0. The summed E-state index contributed by atoms with van der Waals surface area (Å²) >= 11 is 0. The van der Waals surface area contributed by atoms with Gasteiger partial charge in [0, 0.05) is 0 Å². The zero-order valence-corrected chi connectivity index (χ0v) is 17.2. The second-order valence-corrected chi connectivity index (χ2v) is 7.70. The summed E-state index contributed by atoms with van der Waals surface area (Å²) in [5.74, 6) is 0. The van der Waals surface area contributed by atoms with Gasteiger partial charge >= 0.3 is 0 Å². The summed E-state index contributed by atoms with van der Waals surface area (Å²) in [6.45, 7) is 6.16. The highest BCUT2D eigenvalue weighted by atomic mass is 14.5. The monoisotopic (exact) mass is 370 g/mol. The average molecular weight is 370 g/mol. The van der Waals surface area contributed by atoms with Gasteiger partial charge in [-0.3, -0.25) is 0 Å². The molecule has 0 aromatic heterocycles. The number of hydrogen-bond acceptors (Lipinski definition) is 0. The van der Waals surface area contributed by atoms with E-state index in [4.69, 9.17) is 7.85 Å². The average Bonchev–Trinajstić information content (AvgIpc) is 3.21. The molecular weight excluding hydrogens is 347 g/mol. The van der Waals surface area contributed by atoms with Crippen molar-refractivity contribution < 1.29 is 0 Å². The van der Waals surface area contributed by atoms with E-state index in [0.717, 1.165) is 5.46 Å². The predicted molar refractivity (Wildman–Crippen MR) is 124 cm³/mol. The highest BCUT2D eigenvalue weighted by Crippen LogP contribution is 2.62. The summed E-state index contributed by atoms with van der Waals surface area (Å²) in [6, 6.07) is 31.0. The molecule has 4 aromatic rings. The van der Waals surface area contributed by atoms with Crippen molar-refractivity contribution in [2.75, 3.05) is 0 Å². The second kappa shape index (κ2) is 6.49. The SMILES string of the molecule is CC.[B]c1ccc2c(c1)-c1cc(C)ccc1C21c2ccccc2-c2ccccc21. The maximum absolute atomic E-state index is 6.20. The van der Waals surface area contributed by atoms with E-state index in [1.807, 2.05) is 19.9 Å². The van der Waals surface area contributed by atoms with E-state index in [0.29, 0.717) is 0 Å². The van der Waals surface area contributed by atoms with Crippen molar-refractivity contribution in [1.29, 1.82) is 0 Å². The maximum atomic E-state index is 6.20. The third kappa shape index (κ3) is 2.22. The van der Waals surface area contributed by atoms with Crippen LogP contribution in [0.25, 0.3) is 22.3 Å². The van der Waals surface area contributed by atoms with Gasteiger partial charge in [-0.2, -0.15) is 0 Å². The topological polar surface area (TPSA) is 0 Å². The Morgan fingerprint density at radius 3 is 1.66 bits per heavy atom. The smallest absolute Gasteiger partial charge is 0.0960 e. The number of aryl methyl sites for hydroxylation is 1. The number of benzene rings is 4. The molecule has 0 nitrogen and oxygen atoms in total. The fourth-order valence-corrected chi connectivity index (χ4v) is 5.28. The first-order valence-electron chi connectivity index (χ1n) is 10.4. The quantitative estimate of drug-likeness (QED) is 0.281. The molecule has 6 rings (SSSR count). The predicted octanol–water partition coefficient (Wildman–Crippen LogP) is 6.16. The van der Waals surface area contributed by atoms with Crippen molar-refractivity contribution in [3.05, 3.63) is 113 Å². The normalized spacial score (nSPS) is 13.8. The van der Waals surface area contributed by atoms with Crippen LogP contribution >= 0.6 is 0 Å². The molecule has 1 spiro atoms. The van der Waals surface area contributed by atoms with Crippen LogP contribution in [-0.4, -0.2) is 7.85 Å². The highest BCUT2D eigenvalue weighted by Gasteiger charge is 2.51. The van der Waals surface area contributed by atoms with E-state index in [-0.39, 0.29) is 5.41 Å². The van der Waals surface area contributed by atoms with Gasteiger partial charge in [-0.25, -0.2) is 0 Å². The number of rotatable bonds is 0. The molecule has 0 unspecified atom stereocenters. The zero-order valence-electron chi connectivity index (χ0n) is 17.2. The molecule has 0 saturated heterocycles. The van der Waals surface area contributed by atoms with E-state index < -0.39 is 0 Å². The summed E-state index contributed by atoms with van der Waals surface area (Å²) in [6.07, 6.45) is 0. The standard InChI is InChI=1S/C26H17B.C2H6/c1-16-10-12-24-20(14-16)21-15-17(27)11-13-25(21)26(24)22-8-4-2-6-18(22)19-7-3-5-9-23(19)26;1-2/h2-15H,1H3;1-2H3. The molecule has 138 valence electrons. The lowest BCUT2D eigenvalue weighted by Gasteiger charge is -2.30. The molecule has 0 fully saturated rings. The molecule has 0 heterocycles. The van der Waals surface area contributed by atoms with Gasteiger partial charge in [0.05, 0.1) is 5.41 Å². The lowest BCUT2D eigenvalue weighted by Crippen LogP contribution is -2.26. The molecule has 0 saturated carbocycles. The van der Waals surface area contributed by atoms with Gasteiger partial charge in [-0.15, -0.1) is 0 Å². The van der Waals surface area contributed by atoms with Crippen LogP contribution < -0.4 is 5.46 Å². The van der Waals surface area contributed by atoms with Gasteiger partial charge in [-0.1, -0.05) is 110 Å².